The molecular weight excluding hydrogens is 439 g/mol. The average Bonchev–Trinajstić information content (AvgIpc) is 2.95. The number of aliphatic hydroxyl groups is 1. The number of benzene rings is 2. The summed E-state index contributed by atoms with van der Waals surface area (Å²) in [5.41, 5.74) is -0.0163. The van der Waals surface area contributed by atoms with E-state index in [2.05, 4.69) is 10.2 Å². The van der Waals surface area contributed by atoms with E-state index < -0.39 is 5.60 Å². The molecule has 2 aromatic rings. The van der Waals surface area contributed by atoms with Crippen LogP contribution in [0.2, 0.25) is 10.0 Å². The molecular formula is C23H28Cl2N2O4. The number of hydrogen-bond acceptors (Lipinski definition) is 5. The van der Waals surface area contributed by atoms with E-state index in [4.69, 9.17) is 32.7 Å². The van der Waals surface area contributed by atoms with E-state index in [0.29, 0.717) is 48.3 Å². The molecule has 0 aromatic heterocycles. The fraction of sp³-hybridized carbons (Fsp3) is 0.435. The highest BCUT2D eigenvalue weighted by molar-refractivity contribution is 6.42. The molecule has 2 aromatic carbocycles. The lowest BCUT2D eigenvalue weighted by molar-refractivity contribution is -0.122. The molecule has 1 fully saturated rings. The predicted octanol–water partition coefficient (Wildman–Crippen LogP) is 3.91. The predicted molar refractivity (Wildman–Crippen MR) is 122 cm³/mol. The Bertz CT molecular complexity index is 896. The summed E-state index contributed by atoms with van der Waals surface area (Å²) in [4.78, 5) is 14.5. The van der Waals surface area contributed by atoms with Crippen molar-refractivity contribution in [2.24, 2.45) is 0 Å². The third kappa shape index (κ3) is 7.01. The van der Waals surface area contributed by atoms with Crippen molar-refractivity contribution in [3.05, 3.63) is 58.1 Å². The largest absolute Gasteiger partial charge is 0.496 e. The van der Waals surface area contributed by atoms with E-state index in [1.807, 2.05) is 24.3 Å². The van der Waals surface area contributed by atoms with Gasteiger partial charge in [-0.25, -0.2) is 0 Å². The second-order valence-electron chi connectivity index (χ2n) is 7.81. The first-order valence-corrected chi connectivity index (χ1v) is 11.1. The van der Waals surface area contributed by atoms with Crippen LogP contribution in [0.5, 0.6) is 11.5 Å². The summed E-state index contributed by atoms with van der Waals surface area (Å²) in [6.07, 6.45) is 1.91. The molecule has 0 bridgehead atoms. The Kier molecular flexibility index (Phi) is 8.43. The highest BCUT2D eigenvalue weighted by atomic mass is 35.5. The number of carbonyl (C=O) groups excluding carboxylic acids is 1. The van der Waals surface area contributed by atoms with Crippen LogP contribution in [0, 0.1) is 0 Å². The molecule has 1 heterocycles. The van der Waals surface area contributed by atoms with Crippen molar-refractivity contribution in [1.29, 1.82) is 0 Å². The molecule has 1 atom stereocenters. The number of ether oxygens (including phenoxy) is 2. The molecule has 0 radical (unpaired) electrons. The van der Waals surface area contributed by atoms with Gasteiger partial charge in [0.2, 0.25) is 5.91 Å². The minimum Gasteiger partial charge on any atom is -0.496 e. The van der Waals surface area contributed by atoms with Gasteiger partial charge in [-0.2, -0.15) is 0 Å². The van der Waals surface area contributed by atoms with Gasteiger partial charge < -0.3 is 19.9 Å². The second-order valence-corrected chi connectivity index (χ2v) is 8.62. The van der Waals surface area contributed by atoms with E-state index in [1.165, 1.54) is 0 Å². The van der Waals surface area contributed by atoms with Crippen LogP contribution >= 0.6 is 23.2 Å². The molecule has 1 amide bonds. The van der Waals surface area contributed by atoms with Gasteiger partial charge >= 0.3 is 0 Å². The Morgan fingerprint density at radius 1 is 1.16 bits per heavy atom. The lowest BCUT2D eigenvalue weighted by Crippen LogP contribution is -2.40. The van der Waals surface area contributed by atoms with Gasteiger partial charge in [-0.15, -0.1) is 0 Å². The summed E-state index contributed by atoms with van der Waals surface area (Å²) < 4.78 is 11.1. The van der Waals surface area contributed by atoms with Crippen LogP contribution in [-0.4, -0.2) is 54.9 Å². The second kappa shape index (κ2) is 11.0. The zero-order chi connectivity index (χ0) is 22.3. The Morgan fingerprint density at radius 2 is 1.97 bits per heavy atom. The minimum absolute atomic E-state index is 0.0524. The summed E-state index contributed by atoms with van der Waals surface area (Å²) in [5, 5.41) is 14.8. The zero-order valence-corrected chi connectivity index (χ0v) is 19.1. The maximum atomic E-state index is 12.4. The van der Waals surface area contributed by atoms with Crippen LogP contribution in [0.3, 0.4) is 0 Å². The number of methoxy groups -OCH3 is 1. The normalized spacial score (nSPS) is 19.5. The van der Waals surface area contributed by atoms with Crippen LogP contribution in [0.15, 0.2) is 42.5 Å². The Labute approximate surface area is 193 Å². The average molecular weight is 467 g/mol. The summed E-state index contributed by atoms with van der Waals surface area (Å²) in [7, 11) is 1.62. The quantitative estimate of drug-likeness (QED) is 0.616. The third-order valence-electron chi connectivity index (χ3n) is 5.44. The van der Waals surface area contributed by atoms with E-state index in [0.717, 1.165) is 24.3 Å². The number of carbonyl (C=O) groups is 1. The van der Waals surface area contributed by atoms with Gasteiger partial charge in [0, 0.05) is 24.7 Å². The molecule has 0 saturated carbocycles. The van der Waals surface area contributed by atoms with Gasteiger partial charge in [0.25, 0.3) is 0 Å². The fourth-order valence-electron chi connectivity index (χ4n) is 3.62. The highest BCUT2D eigenvalue weighted by Crippen LogP contribution is 2.28. The monoisotopic (exact) mass is 466 g/mol. The summed E-state index contributed by atoms with van der Waals surface area (Å²) in [6.45, 7) is 2.23. The summed E-state index contributed by atoms with van der Waals surface area (Å²) in [6, 6.07) is 12.7. The topological polar surface area (TPSA) is 71.0 Å². The molecule has 8 heteroatoms. The number of halogens is 2. The van der Waals surface area contributed by atoms with Gasteiger partial charge in [0.05, 0.1) is 29.3 Å². The summed E-state index contributed by atoms with van der Waals surface area (Å²) >= 11 is 11.9. The van der Waals surface area contributed by atoms with Crippen molar-refractivity contribution in [3.8, 4) is 11.5 Å². The molecule has 1 saturated heterocycles. The Balaban J connectivity index is 1.46. The molecule has 0 aliphatic carbocycles. The standard InChI is InChI=1S/C23H28Cl2N2O4/c1-30-21-6-3-2-5-17(21)14-26-22(28)15-27-11-4-9-23(29,10-12-27)16-31-18-7-8-19(24)20(25)13-18/h2-3,5-8,13,29H,4,9-12,14-16H2,1H3,(H,26,28)/t23-/m0/s1. The molecule has 3 rings (SSSR count). The molecule has 31 heavy (non-hydrogen) atoms. The molecule has 168 valence electrons. The van der Waals surface area contributed by atoms with Crippen molar-refractivity contribution in [2.45, 2.75) is 31.4 Å². The molecule has 1 aliphatic heterocycles. The first kappa shape index (κ1) is 23.7. The van der Waals surface area contributed by atoms with E-state index in [-0.39, 0.29) is 12.5 Å². The maximum absolute atomic E-state index is 12.4. The van der Waals surface area contributed by atoms with Gasteiger partial charge in [0.1, 0.15) is 18.1 Å². The number of likely N-dealkylation sites (tertiary alicyclic amines) is 1. The molecule has 2 N–H and O–H groups in total. The molecule has 0 unspecified atom stereocenters. The third-order valence-corrected chi connectivity index (χ3v) is 6.18. The zero-order valence-electron chi connectivity index (χ0n) is 17.6. The molecule has 1 aliphatic rings. The van der Waals surface area contributed by atoms with Crippen molar-refractivity contribution in [3.63, 3.8) is 0 Å². The lowest BCUT2D eigenvalue weighted by Gasteiger charge is -2.27. The van der Waals surface area contributed by atoms with Gasteiger partial charge in [0.15, 0.2) is 0 Å². The van der Waals surface area contributed by atoms with E-state index >= 15 is 0 Å². The van der Waals surface area contributed by atoms with Crippen molar-refractivity contribution in [1.82, 2.24) is 10.2 Å². The van der Waals surface area contributed by atoms with Gasteiger partial charge in [-0.1, -0.05) is 41.4 Å². The Hall–Kier alpha value is -1.99. The van der Waals surface area contributed by atoms with Gasteiger partial charge in [-0.3, -0.25) is 9.69 Å². The highest BCUT2D eigenvalue weighted by Gasteiger charge is 2.31. The SMILES string of the molecule is COc1ccccc1CNC(=O)CN1CCC[C@@](O)(COc2ccc(Cl)c(Cl)c2)CC1. The minimum atomic E-state index is -0.950. The van der Waals surface area contributed by atoms with Crippen LogP contribution in [0.4, 0.5) is 0 Å². The smallest absolute Gasteiger partial charge is 0.234 e. The van der Waals surface area contributed by atoms with Crippen LogP contribution < -0.4 is 14.8 Å². The first-order valence-electron chi connectivity index (χ1n) is 10.3. The number of amides is 1. The number of para-hydroxylation sites is 1. The van der Waals surface area contributed by atoms with Crippen LogP contribution in [-0.2, 0) is 11.3 Å². The summed E-state index contributed by atoms with van der Waals surface area (Å²) in [5.74, 6) is 1.27. The van der Waals surface area contributed by atoms with Gasteiger partial charge in [-0.05, 0) is 44.0 Å². The van der Waals surface area contributed by atoms with Crippen LogP contribution in [0.1, 0.15) is 24.8 Å². The van der Waals surface area contributed by atoms with Crippen molar-refractivity contribution >= 4 is 29.1 Å². The number of nitrogens with one attached hydrogen (secondary N) is 1. The first-order chi connectivity index (χ1) is 14.9. The Morgan fingerprint density at radius 3 is 2.74 bits per heavy atom. The van der Waals surface area contributed by atoms with Crippen molar-refractivity contribution < 1.29 is 19.4 Å². The maximum Gasteiger partial charge on any atom is 0.234 e. The number of rotatable bonds is 8. The van der Waals surface area contributed by atoms with Crippen molar-refractivity contribution in [2.75, 3.05) is 33.4 Å². The number of nitrogens with zero attached hydrogens (tertiary/aromatic N) is 1. The molecule has 6 nitrogen and oxygen atoms in total. The fourth-order valence-corrected chi connectivity index (χ4v) is 3.91. The molecule has 0 spiro atoms. The number of hydrogen-bond donors (Lipinski definition) is 2. The lowest BCUT2D eigenvalue weighted by atomic mass is 9.96. The van der Waals surface area contributed by atoms with E-state index in [1.54, 1.807) is 25.3 Å². The van der Waals surface area contributed by atoms with E-state index in [9.17, 15) is 9.90 Å². The van der Waals surface area contributed by atoms with Crippen LogP contribution in [0.25, 0.3) is 0 Å².